The molecule has 0 radical (unpaired) electrons. The summed E-state index contributed by atoms with van der Waals surface area (Å²) in [4.78, 5) is 5.03. The Morgan fingerprint density at radius 1 is 1.28 bits per heavy atom. The molecule has 0 aromatic heterocycles. The number of anilines is 1. The van der Waals surface area contributed by atoms with Crippen LogP contribution in [0.15, 0.2) is 24.3 Å². The van der Waals surface area contributed by atoms with Crippen molar-refractivity contribution in [1.29, 1.82) is 0 Å². The van der Waals surface area contributed by atoms with E-state index in [2.05, 4.69) is 53.4 Å². The van der Waals surface area contributed by atoms with Gasteiger partial charge in [0.15, 0.2) is 0 Å². The monoisotopic (exact) mass is 247 g/mol. The van der Waals surface area contributed by atoms with Crippen LogP contribution in [-0.2, 0) is 0 Å². The predicted molar refractivity (Wildman–Crippen MR) is 78.4 cm³/mol. The van der Waals surface area contributed by atoms with Crippen LogP contribution in [0.2, 0.25) is 0 Å². The molecule has 3 heteroatoms. The zero-order valence-electron chi connectivity index (χ0n) is 11.8. The summed E-state index contributed by atoms with van der Waals surface area (Å²) in [6.45, 7) is 6.75. The Hall–Kier alpha value is -1.06. The van der Waals surface area contributed by atoms with E-state index in [4.69, 9.17) is 0 Å². The van der Waals surface area contributed by atoms with Crippen LogP contribution in [0.1, 0.15) is 12.0 Å². The molecule has 0 spiro atoms. The molecule has 1 fully saturated rings. The molecular weight excluding hydrogens is 222 g/mol. The Balaban J connectivity index is 2.15. The van der Waals surface area contributed by atoms with Gasteiger partial charge >= 0.3 is 0 Å². The van der Waals surface area contributed by atoms with E-state index in [1.165, 1.54) is 17.7 Å². The van der Waals surface area contributed by atoms with Crippen molar-refractivity contribution in [3.05, 3.63) is 29.8 Å². The van der Waals surface area contributed by atoms with Crippen LogP contribution in [0.25, 0.3) is 0 Å². The summed E-state index contributed by atoms with van der Waals surface area (Å²) in [5, 5.41) is 3.27. The van der Waals surface area contributed by atoms with Gasteiger partial charge in [-0.15, -0.1) is 0 Å². The Morgan fingerprint density at radius 2 is 2.06 bits per heavy atom. The first kappa shape index (κ1) is 13.4. The maximum Gasteiger partial charge on any atom is 0.0429 e. The van der Waals surface area contributed by atoms with Gasteiger partial charge in [0.1, 0.15) is 0 Å². The minimum Gasteiger partial charge on any atom is -0.366 e. The van der Waals surface area contributed by atoms with Gasteiger partial charge in [-0.25, -0.2) is 0 Å². The second kappa shape index (κ2) is 6.21. The molecule has 1 aliphatic heterocycles. The number of hydrogen-bond donors (Lipinski definition) is 1. The highest BCUT2D eigenvalue weighted by molar-refractivity contribution is 5.54. The van der Waals surface area contributed by atoms with Crippen molar-refractivity contribution in [2.24, 2.45) is 0 Å². The highest BCUT2D eigenvalue weighted by atomic mass is 15.3. The van der Waals surface area contributed by atoms with E-state index < -0.39 is 0 Å². The summed E-state index contributed by atoms with van der Waals surface area (Å²) < 4.78 is 0. The molecule has 0 aliphatic carbocycles. The maximum absolute atomic E-state index is 3.27. The third kappa shape index (κ3) is 3.03. The summed E-state index contributed by atoms with van der Waals surface area (Å²) in [5.74, 6) is 0. The molecule has 1 atom stereocenters. The second-order valence-electron chi connectivity index (χ2n) is 5.29. The molecule has 18 heavy (non-hydrogen) atoms. The van der Waals surface area contributed by atoms with Crippen LogP contribution in [0.4, 0.5) is 5.69 Å². The first-order chi connectivity index (χ1) is 8.72. The molecule has 0 saturated carbocycles. The van der Waals surface area contributed by atoms with Crippen LogP contribution < -0.4 is 10.2 Å². The molecule has 1 unspecified atom stereocenters. The third-order valence-corrected chi connectivity index (χ3v) is 3.84. The van der Waals surface area contributed by atoms with Gasteiger partial charge in [-0.05, 0) is 45.6 Å². The number of rotatable bonds is 4. The molecule has 1 N–H and O–H groups in total. The molecule has 0 bridgehead atoms. The van der Waals surface area contributed by atoms with E-state index in [0.717, 1.165) is 26.2 Å². The van der Waals surface area contributed by atoms with Crippen molar-refractivity contribution in [2.75, 3.05) is 45.2 Å². The molecule has 0 amide bonds. The van der Waals surface area contributed by atoms with Crippen LogP contribution in [0.3, 0.4) is 0 Å². The smallest absolute Gasteiger partial charge is 0.0429 e. The van der Waals surface area contributed by atoms with E-state index in [-0.39, 0.29) is 0 Å². The summed E-state index contributed by atoms with van der Waals surface area (Å²) in [6, 6.07) is 9.36. The van der Waals surface area contributed by atoms with Gasteiger partial charge in [0.25, 0.3) is 0 Å². The standard InChI is InChI=1S/C15H25N3/c1-13-6-4-5-7-15(13)18-11-10-17(3)12-14(18)8-9-16-2/h4-7,14,16H,8-12H2,1-3H3. The van der Waals surface area contributed by atoms with Crippen molar-refractivity contribution < 1.29 is 0 Å². The van der Waals surface area contributed by atoms with E-state index in [1.807, 2.05) is 7.05 Å². The van der Waals surface area contributed by atoms with Gasteiger partial charge < -0.3 is 15.1 Å². The number of likely N-dealkylation sites (N-methyl/N-ethyl adjacent to an activating group) is 1. The Kier molecular flexibility index (Phi) is 4.61. The fourth-order valence-corrected chi connectivity index (χ4v) is 2.77. The van der Waals surface area contributed by atoms with Gasteiger partial charge in [-0.3, -0.25) is 0 Å². The van der Waals surface area contributed by atoms with Gasteiger partial charge in [0.2, 0.25) is 0 Å². The second-order valence-corrected chi connectivity index (χ2v) is 5.29. The van der Waals surface area contributed by atoms with Gasteiger partial charge in [0, 0.05) is 31.4 Å². The highest BCUT2D eigenvalue weighted by Gasteiger charge is 2.25. The average Bonchev–Trinajstić information content (AvgIpc) is 2.37. The van der Waals surface area contributed by atoms with E-state index in [9.17, 15) is 0 Å². The average molecular weight is 247 g/mol. The SMILES string of the molecule is CNCCC1CN(C)CCN1c1ccccc1C. The van der Waals surface area contributed by atoms with Crippen molar-refractivity contribution in [3.8, 4) is 0 Å². The summed E-state index contributed by atoms with van der Waals surface area (Å²) >= 11 is 0. The summed E-state index contributed by atoms with van der Waals surface area (Å²) in [5.41, 5.74) is 2.79. The number of piperazine rings is 1. The van der Waals surface area contributed by atoms with Gasteiger partial charge in [-0.2, -0.15) is 0 Å². The van der Waals surface area contributed by atoms with Crippen molar-refractivity contribution in [2.45, 2.75) is 19.4 Å². The van der Waals surface area contributed by atoms with Crippen LogP contribution >= 0.6 is 0 Å². The molecule has 1 aromatic carbocycles. The lowest BCUT2D eigenvalue weighted by Gasteiger charge is -2.42. The number of aryl methyl sites for hydroxylation is 1. The minimum absolute atomic E-state index is 0.622. The minimum atomic E-state index is 0.622. The van der Waals surface area contributed by atoms with E-state index >= 15 is 0 Å². The van der Waals surface area contributed by atoms with Crippen LogP contribution in [0.5, 0.6) is 0 Å². The first-order valence-corrected chi connectivity index (χ1v) is 6.88. The normalized spacial score (nSPS) is 21.3. The Labute approximate surface area is 111 Å². The Bertz CT molecular complexity index is 378. The lowest BCUT2D eigenvalue weighted by atomic mass is 10.1. The zero-order chi connectivity index (χ0) is 13.0. The Morgan fingerprint density at radius 3 is 2.78 bits per heavy atom. The van der Waals surface area contributed by atoms with E-state index in [1.54, 1.807) is 0 Å². The molecule has 1 saturated heterocycles. The largest absolute Gasteiger partial charge is 0.366 e. The van der Waals surface area contributed by atoms with Crippen molar-refractivity contribution in [3.63, 3.8) is 0 Å². The van der Waals surface area contributed by atoms with Crippen molar-refractivity contribution in [1.82, 2.24) is 10.2 Å². The molecule has 3 nitrogen and oxygen atoms in total. The lowest BCUT2D eigenvalue weighted by molar-refractivity contribution is 0.260. The zero-order valence-corrected chi connectivity index (χ0v) is 11.8. The number of nitrogens with zero attached hydrogens (tertiary/aromatic N) is 2. The predicted octanol–water partition coefficient (Wildman–Crippen LogP) is 1.72. The maximum atomic E-state index is 3.27. The molecule has 1 aromatic rings. The first-order valence-electron chi connectivity index (χ1n) is 6.88. The third-order valence-electron chi connectivity index (χ3n) is 3.84. The van der Waals surface area contributed by atoms with E-state index in [0.29, 0.717) is 6.04 Å². The van der Waals surface area contributed by atoms with Crippen molar-refractivity contribution >= 4 is 5.69 Å². The quantitative estimate of drug-likeness (QED) is 0.874. The lowest BCUT2D eigenvalue weighted by Crippen LogP contribution is -2.52. The van der Waals surface area contributed by atoms with Gasteiger partial charge in [-0.1, -0.05) is 18.2 Å². The summed E-state index contributed by atoms with van der Waals surface area (Å²) in [6.07, 6.45) is 1.20. The van der Waals surface area contributed by atoms with Gasteiger partial charge in [0.05, 0.1) is 0 Å². The molecule has 2 rings (SSSR count). The number of hydrogen-bond acceptors (Lipinski definition) is 3. The molecule has 100 valence electrons. The fourth-order valence-electron chi connectivity index (χ4n) is 2.77. The van der Waals surface area contributed by atoms with Crippen LogP contribution in [0, 0.1) is 6.92 Å². The molecule has 1 heterocycles. The number of para-hydroxylation sites is 1. The topological polar surface area (TPSA) is 18.5 Å². The number of benzene rings is 1. The number of nitrogens with one attached hydrogen (secondary N) is 1. The molecular formula is C15H25N3. The fraction of sp³-hybridized carbons (Fsp3) is 0.600. The summed E-state index contributed by atoms with van der Waals surface area (Å²) in [7, 11) is 4.26. The van der Waals surface area contributed by atoms with Crippen LogP contribution in [-0.4, -0.2) is 51.2 Å². The highest BCUT2D eigenvalue weighted by Crippen LogP contribution is 2.25. The molecule has 1 aliphatic rings.